The first kappa shape index (κ1) is 14.2. The molecule has 0 saturated heterocycles. The summed E-state index contributed by atoms with van der Waals surface area (Å²) in [6.45, 7) is 5.91. The van der Waals surface area contributed by atoms with Crippen molar-refractivity contribution in [1.82, 2.24) is 0 Å². The van der Waals surface area contributed by atoms with Crippen molar-refractivity contribution in [3.8, 4) is 0 Å². The van der Waals surface area contributed by atoms with Crippen molar-refractivity contribution in [1.29, 1.82) is 0 Å². The van der Waals surface area contributed by atoms with E-state index in [0.29, 0.717) is 0 Å². The molecule has 0 aliphatic rings. The summed E-state index contributed by atoms with van der Waals surface area (Å²) in [5.41, 5.74) is 11.3. The van der Waals surface area contributed by atoms with Crippen LogP contribution in [-0.4, -0.2) is 4.92 Å². The smallest absolute Gasteiger partial charge is 0.270 e. The van der Waals surface area contributed by atoms with Gasteiger partial charge < -0.3 is 5.73 Å². The SMILES string of the molecule is Cc1cc(C(N)c2ccc(C)c(C)c2)cc([N+](=O)[O-])c1. The van der Waals surface area contributed by atoms with E-state index in [4.69, 9.17) is 5.73 Å². The van der Waals surface area contributed by atoms with Crippen molar-refractivity contribution in [2.75, 3.05) is 0 Å². The summed E-state index contributed by atoms with van der Waals surface area (Å²) >= 11 is 0. The number of nitrogens with two attached hydrogens (primary N) is 1. The van der Waals surface area contributed by atoms with Crippen LogP contribution in [0.2, 0.25) is 0 Å². The van der Waals surface area contributed by atoms with Crippen LogP contribution in [0.5, 0.6) is 0 Å². The van der Waals surface area contributed by atoms with E-state index in [1.165, 1.54) is 11.1 Å². The number of nitrogens with zero attached hydrogens (tertiary/aromatic N) is 1. The molecule has 0 aromatic heterocycles. The molecule has 0 fully saturated rings. The maximum absolute atomic E-state index is 10.9. The molecule has 4 heteroatoms. The first-order valence-electron chi connectivity index (χ1n) is 6.47. The van der Waals surface area contributed by atoms with Crippen LogP contribution in [0.1, 0.15) is 33.9 Å². The second kappa shape index (κ2) is 5.43. The molecular formula is C16H18N2O2. The average molecular weight is 270 g/mol. The van der Waals surface area contributed by atoms with Crippen molar-refractivity contribution in [2.45, 2.75) is 26.8 Å². The summed E-state index contributed by atoms with van der Waals surface area (Å²) < 4.78 is 0. The molecule has 0 aliphatic carbocycles. The Labute approximate surface area is 118 Å². The Kier molecular flexibility index (Phi) is 3.86. The van der Waals surface area contributed by atoms with Gasteiger partial charge in [0, 0.05) is 12.1 Å². The standard InChI is InChI=1S/C16H18N2O2/c1-10-6-14(9-15(7-10)18(19)20)16(17)13-5-4-11(2)12(3)8-13/h4-9,16H,17H2,1-3H3. The van der Waals surface area contributed by atoms with Crippen molar-refractivity contribution >= 4 is 5.69 Å². The Balaban J connectivity index is 2.44. The summed E-state index contributed by atoms with van der Waals surface area (Å²) in [7, 11) is 0. The molecule has 0 saturated carbocycles. The highest BCUT2D eigenvalue weighted by atomic mass is 16.6. The lowest BCUT2D eigenvalue weighted by Crippen LogP contribution is -2.12. The zero-order valence-electron chi connectivity index (χ0n) is 11.9. The van der Waals surface area contributed by atoms with Crippen LogP contribution in [0.4, 0.5) is 5.69 Å². The highest BCUT2D eigenvalue weighted by Gasteiger charge is 2.15. The van der Waals surface area contributed by atoms with Gasteiger partial charge in [0.1, 0.15) is 0 Å². The van der Waals surface area contributed by atoms with Crippen LogP contribution in [0.15, 0.2) is 36.4 Å². The largest absolute Gasteiger partial charge is 0.320 e. The minimum atomic E-state index is -0.385. The zero-order chi connectivity index (χ0) is 14.9. The molecular weight excluding hydrogens is 252 g/mol. The van der Waals surface area contributed by atoms with E-state index in [1.807, 2.05) is 45.0 Å². The minimum absolute atomic E-state index is 0.0827. The first-order valence-corrected chi connectivity index (χ1v) is 6.47. The highest BCUT2D eigenvalue weighted by molar-refractivity contribution is 5.44. The molecule has 1 unspecified atom stereocenters. The molecule has 0 heterocycles. The van der Waals surface area contributed by atoms with Gasteiger partial charge in [0.2, 0.25) is 0 Å². The van der Waals surface area contributed by atoms with Crippen LogP contribution < -0.4 is 5.73 Å². The summed E-state index contributed by atoms with van der Waals surface area (Å²) in [5, 5.41) is 10.9. The second-order valence-electron chi connectivity index (χ2n) is 5.18. The lowest BCUT2D eigenvalue weighted by molar-refractivity contribution is -0.385. The summed E-state index contributed by atoms with van der Waals surface area (Å²) in [6, 6.07) is 10.7. The molecule has 0 bridgehead atoms. The van der Waals surface area contributed by atoms with Gasteiger partial charge in [-0.3, -0.25) is 10.1 Å². The predicted molar refractivity (Wildman–Crippen MR) is 79.8 cm³/mol. The van der Waals surface area contributed by atoms with Gasteiger partial charge in [0.25, 0.3) is 5.69 Å². The Bertz CT molecular complexity index is 666. The maximum Gasteiger partial charge on any atom is 0.270 e. The summed E-state index contributed by atoms with van der Waals surface area (Å²) in [6.07, 6.45) is 0. The summed E-state index contributed by atoms with van der Waals surface area (Å²) in [5.74, 6) is 0. The Hall–Kier alpha value is -2.20. The molecule has 1 atom stereocenters. The van der Waals surface area contributed by atoms with E-state index in [1.54, 1.807) is 12.1 Å². The molecule has 104 valence electrons. The monoisotopic (exact) mass is 270 g/mol. The van der Waals surface area contributed by atoms with Crippen molar-refractivity contribution in [2.24, 2.45) is 5.73 Å². The number of aryl methyl sites for hydroxylation is 3. The number of rotatable bonds is 3. The molecule has 2 aromatic rings. The van der Waals surface area contributed by atoms with Gasteiger partial charge >= 0.3 is 0 Å². The quantitative estimate of drug-likeness (QED) is 0.684. The van der Waals surface area contributed by atoms with E-state index in [0.717, 1.165) is 16.7 Å². The van der Waals surface area contributed by atoms with Crippen LogP contribution >= 0.6 is 0 Å². The maximum atomic E-state index is 10.9. The van der Waals surface area contributed by atoms with Gasteiger partial charge in [-0.05, 0) is 48.6 Å². The fourth-order valence-corrected chi connectivity index (χ4v) is 2.23. The van der Waals surface area contributed by atoms with E-state index in [-0.39, 0.29) is 16.7 Å². The number of nitro groups is 1. The lowest BCUT2D eigenvalue weighted by atomic mass is 9.95. The van der Waals surface area contributed by atoms with Crippen molar-refractivity contribution in [3.63, 3.8) is 0 Å². The van der Waals surface area contributed by atoms with Gasteiger partial charge in [-0.2, -0.15) is 0 Å². The number of non-ortho nitro benzene ring substituents is 1. The zero-order valence-corrected chi connectivity index (χ0v) is 11.9. The van der Waals surface area contributed by atoms with Crippen LogP contribution in [0.3, 0.4) is 0 Å². The third-order valence-corrected chi connectivity index (χ3v) is 3.54. The Morgan fingerprint density at radius 3 is 2.30 bits per heavy atom. The molecule has 2 aromatic carbocycles. The third kappa shape index (κ3) is 2.86. The first-order chi connectivity index (χ1) is 9.38. The Morgan fingerprint density at radius 1 is 1.00 bits per heavy atom. The van der Waals surface area contributed by atoms with Crippen LogP contribution in [0.25, 0.3) is 0 Å². The topological polar surface area (TPSA) is 69.2 Å². The average Bonchev–Trinajstić information content (AvgIpc) is 2.40. The predicted octanol–water partition coefficient (Wildman–Crippen LogP) is 3.57. The van der Waals surface area contributed by atoms with Crippen molar-refractivity contribution < 1.29 is 4.92 Å². The molecule has 0 aliphatic heterocycles. The molecule has 2 rings (SSSR count). The third-order valence-electron chi connectivity index (χ3n) is 3.54. The van der Waals surface area contributed by atoms with Gasteiger partial charge in [0.05, 0.1) is 11.0 Å². The fourth-order valence-electron chi connectivity index (χ4n) is 2.23. The van der Waals surface area contributed by atoms with Crippen LogP contribution in [0, 0.1) is 30.9 Å². The molecule has 0 radical (unpaired) electrons. The molecule has 0 spiro atoms. The fraction of sp³-hybridized carbons (Fsp3) is 0.250. The van der Waals surface area contributed by atoms with Gasteiger partial charge in [0.15, 0.2) is 0 Å². The van der Waals surface area contributed by atoms with Crippen molar-refractivity contribution in [3.05, 3.63) is 74.3 Å². The number of nitro benzene ring substituents is 1. The Morgan fingerprint density at radius 2 is 1.70 bits per heavy atom. The molecule has 4 nitrogen and oxygen atoms in total. The lowest BCUT2D eigenvalue weighted by Gasteiger charge is -2.15. The number of benzene rings is 2. The molecule has 0 amide bonds. The van der Waals surface area contributed by atoms with E-state index < -0.39 is 0 Å². The van der Waals surface area contributed by atoms with E-state index in [2.05, 4.69) is 0 Å². The van der Waals surface area contributed by atoms with Gasteiger partial charge in [-0.1, -0.05) is 24.3 Å². The van der Waals surface area contributed by atoms with E-state index >= 15 is 0 Å². The number of hydrogen-bond acceptors (Lipinski definition) is 3. The van der Waals surface area contributed by atoms with Gasteiger partial charge in [-0.25, -0.2) is 0 Å². The van der Waals surface area contributed by atoms with Crippen LogP contribution in [-0.2, 0) is 0 Å². The van der Waals surface area contributed by atoms with Gasteiger partial charge in [-0.15, -0.1) is 0 Å². The molecule has 20 heavy (non-hydrogen) atoms. The second-order valence-corrected chi connectivity index (χ2v) is 5.18. The minimum Gasteiger partial charge on any atom is -0.320 e. The summed E-state index contributed by atoms with van der Waals surface area (Å²) in [4.78, 5) is 10.5. The number of hydrogen-bond donors (Lipinski definition) is 1. The highest BCUT2D eigenvalue weighted by Crippen LogP contribution is 2.26. The van der Waals surface area contributed by atoms with E-state index in [9.17, 15) is 10.1 Å². The molecule has 2 N–H and O–H groups in total. The normalized spacial score (nSPS) is 12.2.